The molecule has 20 heavy (non-hydrogen) atoms. The Morgan fingerprint density at radius 2 is 2.15 bits per heavy atom. The number of aromatic nitrogens is 1. The quantitative estimate of drug-likeness (QED) is 0.786. The predicted molar refractivity (Wildman–Crippen MR) is 75.3 cm³/mol. The average Bonchev–Trinajstić information content (AvgIpc) is 2.89. The fraction of sp³-hybridized carbons (Fsp3) is 0.600. The fourth-order valence-corrected chi connectivity index (χ4v) is 2.64. The molecule has 0 saturated carbocycles. The van der Waals surface area contributed by atoms with Crippen molar-refractivity contribution >= 4 is 5.91 Å². The second-order valence-electron chi connectivity index (χ2n) is 5.10. The normalized spacial score (nSPS) is 22.2. The highest BCUT2D eigenvalue weighted by Gasteiger charge is 2.34. The Balaban J connectivity index is 1.90. The van der Waals surface area contributed by atoms with Crippen LogP contribution >= 0.6 is 0 Å². The van der Waals surface area contributed by atoms with Gasteiger partial charge in [-0.25, -0.2) is 0 Å². The Morgan fingerprint density at radius 3 is 2.80 bits per heavy atom. The zero-order chi connectivity index (χ0) is 14.4. The van der Waals surface area contributed by atoms with Crippen molar-refractivity contribution in [3.8, 4) is 0 Å². The molecule has 1 aromatic heterocycles. The van der Waals surface area contributed by atoms with Crippen LogP contribution in [-0.2, 0) is 20.7 Å². The third kappa shape index (κ3) is 3.77. The fourth-order valence-electron chi connectivity index (χ4n) is 2.64. The zero-order valence-electron chi connectivity index (χ0n) is 12.1. The maximum absolute atomic E-state index is 12.4. The van der Waals surface area contributed by atoms with Gasteiger partial charge >= 0.3 is 0 Å². The Labute approximate surface area is 119 Å². The summed E-state index contributed by atoms with van der Waals surface area (Å²) in [6.45, 7) is 1.24. The highest BCUT2D eigenvalue weighted by atomic mass is 16.5. The van der Waals surface area contributed by atoms with E-state index in [-0.39, 0.29) is 18.1 Å². The molecular formula is C15H22N2O3. The monoisotopic (exact) mass is 278 g/mol. The van der Waals surface area contributed by atoms with Gasteiger partial charge in [-0.15, -0.1) is 0 Å². The van der Waals surface area contributed by atoms with Gasteiger partial charge in [0.25, 0.3) is 0 Å². The number of likely N-dealkylation sites (tertiary alicyclic amines) is 1. The van der Waals surface area contributed by atoms with Crippen molar-refractivity contribution in [2.45, 2.75) is 31.4 Å². The molecule has 0 bridgehead atoms. The molecule has 0 N–H and O–H groups in total. The number of hydrogen-bond donors (Lipinski definition) is 0. The second kappa shape index (κ2) is 7.36. The zero-order valence-corrected chi connectivity index (χ0v) is 12.1. The van der Waals surface area contributed by atoms with Crippen LogP contribution in [0.3, 0.4) is 0 Å². The van der Waals surface area contributed by atoms with Gasteiger partial charge in [-0.05, 0) is 30.5 Å². The van der Waals surface area contributed by atoms with Crippen molar-refractivity contribution in [2.75, 3.05) is 27.4 Å². The largest absolute Gasteiger partial charge is 0.383 e. The van der Waals surface area contributed by atoms with Crippen molar-refractivity contribution in [2.24, 2.45) is 0 Å². The molecule has 5 nitrogen and oxygen atoms in total. The van der Waals surface area contributed by atoms with E-state index in [2.05, 4.69) is 4.98 Å². The third-order valence-corrected chi connectivity index (χ3v) is 3.77. The molecule has 0 spiro atoms. The van der Waals surface area contributed by atoms with E-state index in [1.165, 1.54) is 0 Å². The lowest BCUT2D eigenvalue weighted by Crippen LogP contribution is -2.38. The van der Waals surface area contributed by atoms with Crippen LogP contribution in [0.1, 0.15) is 18.4 Å². The molecule has 1 saturated heterocycles. The van der Waals surface area contributed by atoms with Gasteiger partial charge in [0.1, 0.15) is 0 Å². The van der Waals surface area contributed by atoms with Crippen molar-refractivity contribution in [3.05, 3.63) is 30.1 Å². The first-order chi connectivity index (χ1) is 9.74. The Morgan fingerprint density at radius 1 is 1.40 bits per heavy atom. The van der Waals surface area contributed by atoms with Crippen molar-refractivity contribution in [3.63, 3.8) is 0 Å². The third-order valence-electron chi connectivity index (χ3n) is 3.77. The number of aryl methyl sites for hydroxylation is 1. The molecule has 0 aliphatic carbocycles. The van der Waals surface area contributed by atoms with E-state index in [0.717, 1.165) is 18.4 Å². The maximum atomic E-state index is 12.4. The minimum atomic E-state index is 0.125. The second-order valence-corrected chi connectivity index (χ2v) is 5.10. The molecule has 2 heterocycles. The van der Waals surface area contributed by atoms with E-state index >= 15 is 0 Å². The summed E-state index contributed by atoms with van der Waals surface area (Å²) in [5.41, 5.74) is 1.14. The summed E-state index contributed by atoms with van der Waals surface area (Å²) >= 11 is 0. The maximum Gasteiger partial charge on any atom is 0.223 e. The molecule has 0 unspecified atom stereocenters. The first kappa shape index (κ1) is 14.9. The molecular weight excluding hydrogens is 256 g/mol. The molecule has 1 fully saturated rings. The minimum absolute atomic E-state index is 0.125. The summed E-state index contributed by atoms with van der Waals surface area (Å²) in [6, 6.07) is 4.03. The average molecular weight is 278 g/mol. The van der Waals surface area contributed by atoms with Crippen LogP contribution in [0.5, 0.6) is 0 Å². The Hall–Kier alpha value is -1.46. The highest BCUT2D eigenvalue weighted by molar-refractivity contribution is 5.77. The summed E-state index contributed by atoms with van der Waals surface area (Å²) in [4.78, 5) is 18.2. The number of carbonyl (C=O) groups is 1. The lowest BCUT2D eigenvalue weighted by molar-refractivity contribution is -0.133. The van der Waals surface area contributed by atoms with Gasteiger partial charge in [0.15, 0.2) is 0 Å². The molecule has 1 amide bonds. The summed E-state index contributed by atoms with van der Waals surface area (Å²) in [7, 11) is 3.36. The van der Waals surface area contributed by atoms with E-state index < -0.39 is 0 Å². The van der Waals surface area contributed by atoms with Crippen LogP contribution in [0.15, 0.2) is 24.5 Å². The van der Waals surface area contributed by atoms with Crippen molar-refractivity contribution in [1.82, 2.24) is 9.88 Å². The molecule has 1 aliphatic rings. The molecule has 110 valence electrons. The number of carbonyl (C=O) groups excluding carboxylic acids is 1. The van der Waals surface area contributed by atoms with Gasteiger partial charge in [-0.3, -0.25) is 9.78 Å². The van der Waals surface area contributed by atoms with Crippen LogP contribution in [0.25, 0.3) is 0 Å². The van der Waals surface area contributed by atoms with Gasteiger partial charge in [-0.2, -0.15) is 0 Å². The number of amides is 1. The van der Waals surface area contributed by atoms with Crippen molar-refractivity contribution < 1.29 is 14.3 Å². The molecule has 1 aromatic rings. The van der Waals surface area contributed by atoms with E-state index in [1.54, 1.807) is 26.6 Å². The smallest absolute Gasteiger partial charge is 0.223 e. The van der Waals surface area contributed by atoms with Crippen LogP contribution in [0.2, 0.25) is 0 Å². The first-order valence-corrected chi connectivity index (χ1v) is 6.94. The number of methoxy groups -OCH3 is 2. The molecule has 1 aliphatic heterocycles. The summed E-state index contributed by atoms with van der Waals surface area (Å²) in [6.07, 6.45) is 5.75. The number of nitrogens with zero attached hydrogens (tertiary/aromatic N) is 2. The first-order valence-electron chi connectivity index (χ1n) is 6.94. The standard InChI is InChI=1S/C15H22N2O3/c1-19-11-13-9-14(20-2)10-17(13)15(18)4-3-12-5-7-16-8-6-12/h5-8,13-14H,3-4,9-11H2,1-2H3/t13-,14-/m0/s1. The van der Waals surface area contributed by atoms with Crippen molar-refractivity contribution in [1.29, 1.82) is 0 Å². The molecule has 2 atom stereocenters. The molecule has 0 aromatic carbocycles. The van der Waals surface area contributed by atoms with E-state index in [4.69, 9.17) is 9.47 Å². The number of hydrogen-bond acceptors (Lipinski definition) is 4. The summed E-state index contributed by atoms with van der Waals surface area (Å²) in [5, 5.41) is 0. The van der Waals surface area contributed by atoms with E-state index in [0.29, 0.717) is 19.6 Å². The number of pyridine rings is 1. The van der Waals surface area contributed by atoms with Crippen LogP contribution in [0.4, 0.5) is 0 Å². The minimum Gasteiger partial charge on any atom is -0.383 e. The van der Waals surface area contributed by atoms with Gasteiger partial charge in [0.05, 0.1) is 18.8 Å². The summed E-state index contributed by atoms with van der Waals surface area (Å²) in [5.74, 6) is 0.170. The van der Waals surface area contributed by atoms with Gasteiger partial charge in [-0.1, -0.05) is 0 Å². The number of rotatable bonds is 6. The van der Waals surface area contributed by atoms with E-state index in [1.807, 2.05) is 17.0 Å². The topological polar surface area (TPSA) is 51.7 Å². The SMILES string of the molecule is COC[C@@H]1C[C@H](OC)CN1C(=O)CCc1ccncc1. The molecule has 2 rings (SSSR count). The molecule has 5 heteroatoms. The Bertz CT molecular complexity index is 424. The van der Waals surface area contributed by atoms with E-state index in [9.17, 15) is 4.79 Å². The highest BCUT2D eigenvalue weighted by Crippen LogP contribution is 2.21. The Kier molecular flexibility index (Phi) is 5.49. The lowest BCUT2D eigenvalue weighted by Gasteiger charge is -2.23. The van der Waals surface area contributed by atoms with Crippen LogP contribution in [0, 0.1) is 0 Å². The molecule has 0 radical (unpaired) electrons. The lowest BCUT2D eigenvalue weighted by atomic mass is 10.1. The van der Waals surface area contributed by atoms with Gasteiger partial charge < -0.3 is 14.4 Å². The van der Waals surface area contributed by atoms with Crippen LogP contribution < -0.4 is 0 Å². The van der Waals surface area contributed by atoms with Crippen LogP contribution in [-0.4, -0.2) is 55.3 Å². The number of ether oxygens (including phenoxy) is 2. The van der Waals surface area contributed by atoms with Gasteiger partial charge in [0.2, 0.25) is 5.91 Å². The summed E-state index contributed by atoms with van der Waals surface area (Å²) < 4.78 is 10.6. The van der Waals surface area contributed by atoms with Gasteiger partial charge in [0, 0.05) is 39.6 Å². The predicted octanol–water partition coefficient (Wildman–Crippen LogP) is 1.28.